The molecule has 0 saturated heterocycles. The van der Waals surface area contributed by atoms with Crippen molar-refractivity contribution in [1.82, 2.24) is 9.88 Å². The van der Waals surface area contributed by atoms with Gasteiger partial charge in [-0.25, -0.2) is 0 Å². The number of halogens is 4. The molecule has 1 aromatic heterocycles. The molecule has 1 aliphatic carbocycles. The molecule has 2 rings (SSSR count). The first-order valence-corrected chi connectivity index (χ1v) is 7.64. The molecule has 3 nitrogen and oxygen atoms in total. The van der Waals surface area contributed by atoms with E-state index in [1.807, 2.05) is 7.05 Å². The van der Waals surface area contributed by atoms with Crippen molar-refractivity contribution in [3.05, 3.63) is 23.5 Å². The van der Waals surface area contributed by atoms with Crippen LogP contribution in [0.2, 0.25) is 0 Å². The maximum atomic E-state index is 13.4. The highest BCUT2D eigenvalue weighted by Crippen LogP contribution is 2.23. The zero-order chi connectivity index (χ0) is 16.1. The van der Waals surface area contributed by atoms with E-state index in [9.17, 15) is 17.6 Å². The summed E-state index contributed by atoms with van der Waals surface area (Å²) in [5, 5.41) is 2.42. The molecule has 7 heteroatoms. The molecule has 0 atom stereocenters. The fourth-order valence-electron chi connectivity index (χ4n) is 2.89. The van der Waals surface area contributed by atoms with Crippen LogP contribution in [0.5, 0.6) is 0 Å². The van der Waals surface area contributed by atoms with Gasteiger partial charge in [0.2, 0.25) is 11.6 Å². The third-order valence-corrected chi connectivity index (χ3v) is 4.18. The molecule has 0 aliphatic heterocycles. The van der Waals surface area contributed by atoms with E-state index in [0.717, 1.165) is 6.54 Å². The molecular weight excluding hydrogens is 298 g/mol. The maximum Gasteiger partial charge on any atom is 0.253 e. The normalized spacial score (nSPS) is 16.3. The molecule has 0 aromatic carbocycles. The first kappa shape index (κ1) is 17.0. The van der Waals surface area contributed by atoms with E-state index in [2.05, 4.69) is 15.2 Å². The van der Waals surface area contributed by atoms with Crippen molar-refractivity contribution in [2.75, 3.05) is 25.5 Å². The standard InChI is InChI=1S/C15H21F4N3/c1-22(10-6-3-2-4-7-10)9-5-8-20-13-11(16)14(18)21-15(19)12(13)17/h10H,2-9H2,1H3,(H,20,21). The van der Waals surface area contributed by atoms with Crippen molar-refractivity contribution in [3.8, 4) is 0 Å². The summed E-state index contributed by atoms with van der Waals surface area (Å²) in [6.45, 7) is 0.991. The van der Waals surface area contributed by atoms with E-state index < -0.39 is 29.2 Å². The molecular formula is C15H21F4N3. The van der Waals surface area contributed by atoms with Crippen molar-refractivity contribution >= 4 is 5.69 Å². The van der Waals surface area contributed by atoms with Gasteiger partial charge in [-0.2, -0.15) is 22.5 Å². The summed E-state index contributed by atoms with van der Waals surface area (Å²) in [5.41, 5.74) is -0.787. The summed E-state index contributed by atoms with van der Waals surface area (Å²) in [4.78, 5) is 4.76. The Balaban J connectivity index is 1.81. The van der Waals surface area contributed by atoms with Crippen molar-refractivity contribution in [3.63, 3.8) is 0 Å². The molecule has 0 bridgehead atoms. The Morgan fingerprint density at radius 3 is 2.23 bits per heavy atom. The van der Waals surface area contributed by atoms with Crippen molar-refractivity contribution < 1.29 is 17.6 Å². The van der Waals surface area contributed by atoms with Crippen LogP contribution in [0.1, 0.15) is 38.5 Å². The SMILES string of the molecule is CN(CCCNc1c(F)c(F)nc(F)c1F)C1CCCCC1. The highest BCUT2D eigenvalue weighted by atomic mass is 19.2. The van der Waals surface area contributed by atoms with Crippen LogP contribution in [0.4, 0.5) is 23.2 Å². The van der Waals surface area contributed by atoms with Gasteiger partial charge >= 0.3 is 0 Å². The molecule has 1 fully saturated rings. The zero-order valence-corrected chi connectivity index (χ0v) is 12.6. The van der Waals surface area contributed by atoms with Gasteiger partial charge in [0, 0.05) is 12.6 Å². The predicted octanol–water partition coefficient (Wildman–Crippen LogP) is 3.70. The monoisotopic (exact) mass is 319 g/mol. The largest absolute Gasteiger partial charge is 0.380 e. The lowest BCUT2D eigenvalue weighted by molar-refractivity contribution is 0.191. The maximum absolute atomic E-state index is 13.4. The molecule has 124 valence electrons. The molecule has 0 radical (unpaired) electrons. The van der Waals surface area contributed by atoms with Crippen molar-refractivity contribution in [1.29, 1.82) is 0 Å². The minimum Gasteiger partial charge on any atom is -0.380 e. The van der Waals surface area contributed by atoms with E-state index in [1.165, 1.54) is 32.1 Å². The predicted molar refractivity (Wildman–Crippen MR) is 76.7 cm³/mol. The Hall–Kier alpha value is -1.37. The minimum absolute atomic E-state index is 0.230. The number of nitrogens with zero attached hydrogens (tertiary/aromatic N) is 2. The quantitative estimate of drug-likeness (QED) is 0.492. The number of anilines is 1. The van der Waals surface area contributed by atoms with Crippen LogP contribution in [0.15, 0.2) is 0 Å². The lowest BCUT2D eigenvalue weighted by atomic mass is 9.94. The second-order valence-corrected chi connectivity index (χ2v) is 5.75. The molecule has 1 saturated carbocycles. The molecule has 1 aliphatic rings. The Labute approximate surface area is 127 Å². The molecule has 1 N–H and O–H groups in total. The van der Waals surface area contributed by atoms with E-state index in [-0.39, 0.29) is 6.54 Å². The van der Waals surface area contributed by atoms with Crippen molar-refractivity contribution in [2.45, 2.75) is 44.6 Å². The lowest BCUT2D eigenvalue weighted by Crippen LogP contribution is -2.34. The molecule has 22 heavy (non-hydrogen) atoms. The van der Waals surface area contributed by atoms with Crippen LogP contribution in [-0.4, -0.2) is 36.1 Å². The third kappa shape index (κ3) is 4.09. The van der Waals surface area contributed by atoms with Crippen LogP contribution >= 0.6 is 0 Å². The second-order valence-electron chi connectivity index (χ2n) is 5.75. The van der Waals surface area contributed by atoms with Gasteiger partial charge in [-0.05, 0) is 32.9 Å². The average molecular weight is 319 g/mol. The van der Waals surface area contributed by atoms with Gasteiger partial charge in [0.1, 0.15) is 5.69 Å². The van der Waals surface area contributed by atoms with Gasteiger partial charge in [-0.1, -0.05) is 19.3 Å². The fraction of sp³-hybridized carbons (Fsp3) is 0.667. The summed E-state index contributed by atoms with van der Waals surface area (Å²) < 4.78 is 52.7. The number of nitrogens with one attached hydrogen (secondary N) is 1. The number of aromatic nitrogens is 1. The Morgan fingerprint density at radius 1 is 1.05 bits per heavy atom. The average Bonchev–Trinajstić information content (AvgIpc) is 2.53. The summed E-state index contributed by atoms with van der Waals surface area (Å²) in [5.74, 6) is -6.25. The van der Waals surface area contributed by atoms with Gasteiger partial charge < -0.3 is 10.2 Å². The van der Waals surface area contributed by atoms with Crippen molar-refractivity contribution in [2.24, 2.45) is 0 Å². The number of hydrogen-bond donors (Lipinski definition) is 1. The van der Waals surface area contributed by atoms with E-state index >= 15 is 0 Å². The van der Waals surface area contributed by atoms with E-state index in [1.54, 1.807) is 0 Å². The Morgan fingerprint density at radius 2 is 1.64 bits per heavy atom. The van der Waals surface area contributed by atoms with Crippen LogP contribution < -0.4 is 5.32 Å². The highest BCUT2D eigenvalue weighted by Gasteiger charge is 2.21. The lowest BCUT2D eigenvalue weighted by Gasteiger charge is -2.31. The molecule has 1 aromatic rings. The van der Waals surface area contributed by atoms with E-state index in [4.69, 9.17) is 0 Å². The summed E-state index contributed by atoms with van der Waals surface area (Å²) in [6, 6.07) is 0.554. The van der Waals surface area contributed by atoms with Crippen LogP contribution in [0.25, 0.3) is 0 Å². The van der Waals surface area contributed by atoms with Crippen LogP contribution in [0, 0.1) is 23.5 Å². The molecule has 1 heterocycles. The number of rotatable bonds is 6. The summed E-state index contributed by atoms with van der Waals surface area (Å²) in [7, 11) is 2.03. The van der Waals surface area contributed by atoms with Gasteiger partial charge in [0.05, 0.1) is 0 Å². The fourth-order valence-corrected chi connectivity index (χ4v) is 2.89. The topological polar surface area (TPSA) is 28.2 Å². The molecule has 0 spiro atoms. The van der Waals surface area contributed by atoms with Gasteiger partial charge in [0.25, 0.3) is 11.9 Å². The van der Waals surface area contributed by atoms with E-state index in [0.29, 0.717) is 12.5 Å². The number of pyridine rings is 1. The smallest absolute Gasteiger partial charge is 0.253 e. The van der Waals surface area contributed by atoms with Crippen LogP contribution in [-0.2, 0) is 0 Å². The first-order chi connectivity index (χ1) is 10.5. The van der Waals surface area contributed by atoms with Gasteiger partial charge in [-0.3, -0.25) is 0 Å². The first-order valence-electron chi connectivity index (χ1n) is 7.64. The summed E-state index contributed by atoms with van der Waals surface area (Å²) in [6.07, 6.45) is 6.72. The van der Waals surface area contributed by atoms with Crippen LogP contribution in [0.3, 0.4) is 0 Å². The molecule has 0 amide bonds. The van der Waals surface area contributed by atoms with Gasteiger partial charge in [-0.15, -0.1) is 0 Å². The Kier molecular flexibility index (Phi) is 5.99. The summed E-state index contributed by atoms with van der Waals surface area (Å²) >= 11 is 0. The van der Waals surface area contributed by atoms with Gasteiger partial charge in [0.15, 0.2) is 0 Å². The zero-order valence-electron chi connectivity index (χ0n) is 12.6. The Bertz CT molecular complexity index is 478. The third-order valence-electron chi connectivity index (χ3n) is 4.18. The second kappa shape index (κ2) is 7.76. The minimum atomic E-state index is -1.64. The molecule has 0 unspecified atom stereocenters. The number of hydrogen-bond acceptors (Lipinski definition) is 3. The highest BCUT2D eigenvalue weighted by molar-refractivity contribution is 5.45.